The first-order valence-corrected chi connectivity index (χ1v) is 7.75. The smallest absolute Gasteiger partial charge is 0.260 e. The molecule has 0 aliphatic carbocycles. The summed E-state index contributed by atoms with van der Waals surface area (Å²) in [6.45, 7) is 2.92. The Balaban J connectivity index is 3.81. The number of hydrogen-bond donors (Lipinski definition) is 4. The summed E-state index contributed by atoms with van der Waals surface area (Å²) < 4.78 is 4.74. The fourth-order valence-corrected chi connectivity index (χ4v) is 3.47. The van der Waals surface area contributed by atoms with Crippen LogP contribution in [0.5, 0.6) is 0 Å². The number of hydrogen-bond acceptors (Lipinski definition) is 11. The third kappa shape index (κ3) is 2.58. The predicted octanol–water partition coefficient (Wildman–Crippen LogP) is -2.53. The number of Topliss-reactive ketones (excluding diaryl/α,β-unsaturated/α-hetero) is 4. The van der Waals surface area contributed by atoms with Gasteiger partial charge in [-0.2, -0.15) is 0 Å². The van der Waals surface area contributed by atoms with Crippen molar-refractivity contribution in [3.8, 4) is 0 Å². The van der Waals surface area contributed by atoms with Crippen LogP contribution < -0.4 is 0 Å². The number of rotatable bonds is 8. The number of aliphatic hydroxyl groups is 4. The normalized spacial score (nSPS) is 27.3. The van der Waals surface area contributed by atoms with Crippen LogP contribution in [0.25, 0.3) is 0 Å². The molecule has 1 fully saturated rings. The highest BCUT2D eigenvalue weighted by atomic mass is 32.2. The molecule has 140 valence electrons. The molecule has 10 nitrogen and oxygen atoms in total. The lowest BCUT2D eigenvalue weighted by Gasteiger charge is -2.51. The van der Waals surface area contributed by atoms with Crippen LogP contribution >= 0.6 is 12.0 Å². The zero-order valence-corrected chi connectivity index (χ0v) is 14.6. The van der Waals surface area contributed by atoms with Crippen molar-refractivity contribution < 1.29 is 48.6 Å². The second-order valence-corrected chi connectivity index (χ2v) is 6.48. The molecule has 0 radical (unpaired) electrons. The molecule has 25 heavy (non-hydrogen) atoms. The van der Waals surface area contributed by atoms with Crippen molar-refractivity contribution in [3.63, 3.8) is 0 Å². The molecule has 0 bridgehead atoms. The van der Waals surface area contributed by atoms with E-state index >= 15 is 0 Å². The second kappa shape index (κ2) is 6.67. The zero-order chi connectivity index (χ0) is 20.0. The lowest BCUT2D eigenvalue weighted by molar-refractivity contribution is -0.223. The maximum atomic E-state index is 12.4. The van der Waals surface area contributed by atoms with Crippen molar-refractivity contribution in [1.29, 1.82) is 0 Å². The minimum atomic E-state index is -3.72. The molecule has 5 atom stereocenters. The number of carbonyl (C=O) groups is 5. The summed E-state index contributed by atoms with van der Waals surface area (Å²) in [6, 6.07) is 0. The molecular formula is C14H18O10S. The van der Waals surface area contributed by atoms with E-state index in [1.807, 2.05) is 0 Å². The van der Waals surface area contributed by atoms with E-state index in [1.54, 1.807) is 0 Å². The number of ketones is 4. The monoisotopic (exact) mass is 378 g/mol. The third-order valence-corrected chi connectivity index (χ3v) is 4.93. The van der Waals surface area contributed by atoms with Gasteiger partial charge >= 0.3 is 0 Å². The molecule has 1 aliphatic heterocycles. The topological polar surface area (TPSA) is 175 Å². The van der Waals surface area contributed by atoms with Gasteiger partial charge in [0.2, 0.25) is 17.0 Å². The maximum Gasteiger partial charge on any atom is 0.260 e. The van der Waals surface area contributed by atoms with Crippen LogP contribution in [0.1, 0.15) is 27.7 Å². The van der Waals surface area contributed by atoms with Gasteiger partial charge in [0.05, 0.1) is 18.1 Å². The van der Waals surface area contributed by atoms with Crippen LogP contribution in [-0.4, -0.2) is 77.7 Å². The van der Waals surface area contributed by atoms with Crippen molar-refractivity contribution in [2.24, 2.45) is 0 Å². The fourth-order valence-electron chi connectivity index (χ4n) is 2.62. The number of carbonyl (C=O) groups excluding carboxylic acids is 5. The molecule has 2 unspecified atom stereocenters. The highest BCUT2D eigenvalue weighted by molar-refractivity contribution is 8.11. The molecule has 1 saturated heterocycles. The summed E-state index contributed by atoms with van der Waals surface area (Å²) in [5.74, 6) is -6.14. The molecule has 1 aliphatic rings. The summed E-state index contributed by atoms with van der Waals surface area (Å²) in [7, 11) is 0. The van der Waals surface area contributed by atoms with Crippen LogP contribution in [0.4, 0.5) is 0 Å². The molecular weight excluding hydrogens is 360 g/mol. The van der Waals surface area contributed by atoms with Gasteiger partial charge in [-0.1, -0.05) is 0 Å². The van der Waals surface area contributed by atoms with Crippen molar-refractivity contribution in [3.05, 3.63) is 0 Å². The zero-order valence-electron chi connectivity index (χ0n) is 13.8. The molecule has 0 aromatic rings. The molecule has 1 rings (SSSR count). The van der Waals surface area contributed by atoms with Crippen molar-refractivity contribution in [2.45, 2.75) is 56.7 Å². The van der Waals surface area contributed by atoms with Gasteiger partial charge < -0.3 is 20.4 Å². The predicted molar refractivity (Wildman–Crippen MR) is 81.1 cm³/mol. The first-order chi connectivity index (χ1) is 11.2. The van der Waals surface area contributed by atoms with E-state index in [0.29, 0.717) is 13.8 Å². The first kappa shape index (κ1) is 21.5. The van der Waals surface area contributed by atoms with E-state index < -0.39 is 57.3 Å². The second-order valence-electron chi connectivity index (χ2n) is 5.77. The quantitative estimate of drug-likeness (QED) is 0.259. The molecule has 4 N–H and O–H groups in total. The Bertz CT molecular complexity index is 648. The maximum absolute atomic E-state index is 12.4. The minimum Gasteiger partial charge on any atom is -0.390 e. The SMILES string of the molecule is CC(=O)[C@@](O)(C(=O)C(O)C(C)O)[C@@](O)(C(C)=O)[C@]1(C(C)=O)OSC1=O. The summed E-state index contributed by atoms with van der Waals surface area (Å²) in [6.07, 6.45) is -4.19. The molecule has 0 saturated carbocycles. The summed E-state index contributed by atoms with van der Waals surface area (Å²) in [5.41, 5.74) is -10.4. The molecule has 0 aromatic carbocycles. The van der Waals surface area contributed by atoms with E-state index in [1.165, 1.54) is 0 Å². The van der Waals surface area contributed by atoms with Crippen LogP contribution in [0.15, 0.2) is 0 Å². The molecule has 11 heteroatoms. The summed E-state index contributed by atoms with van der Waals surface area (Å²) >= 11 is 0.0764. The Labute approximate surface area is 146 Å². The Morgan fingerprint density at radius 1 is 1.08 bits per heavy atom. The summed E-state index contributed by atoms with van der Waals surface area (Å²) in [5, 5.41) is 39.4. The van der Waals surface area contributed by atoms with Crippen molar-refractivity contribution in [2.75, 3.05) is 0 Å². The van der Waals surface area contributed by atoms with E-state index in [0.717, 1.165) is 13.8 Å². The average molecular weight is 378 g/mol. The van der Waals surface area contributed by atoms with E-state index in [2.05, 4.69) is 0 Å². The number of aliphatic hydroxyl groups excluding tert-OH is 2. The fraction of sp³-hybridized carbons (Fsp3) is 0.643. The van der Waals surface area contributed by atoms with Gasteiger partial charge in [-0.3, -0.25) is 28.2 Å². The van der Waals surface area contributed by atoms with Crippen LogP contribution in [0.3, 0.4) is 0 Å². The van der Waals surface area contributed by atoms with Crippen LogP contribution in [-0.2, 0) is 28.2 Å². The first-order valence-electron chi connectivity index (χ1n) is 7.01. The van der Waals surface area contributed by atoms with Gasteiger partial charge in [0.1, 0.15) is 6.10 Å². The standard InChI is InChI=1S/C14H18O10S/c1-5(15)9(19)10(20)12(22,6(2)16)14(23,8(4)18)13(7(3)17)11(21)25-24-13/h5,9,15,19,22-23H,1-4H3/t5?,9?,12-,13-,14+/m1/s1. The summed E-state index contributed by atoms with van der Waals surface area (Å²) in [4.78, 5) is 60.6. The largest absolute Gasteiger partial charge is 0.390 e. The molecule has 0 spiro atoms. The van der Waals surface area contributed by atoms with Gasteiger partial charge in [0, 0.05) is 0 Å². The Kier molecular flexibility index (Phi) is 5.74. The third-order valence-electron chi connectivity index (χ3n) is 4.16. The van der Waals surface area contributed by atoms with Crippen molar-refractivity contribution in [1.82, 2.24) is 0 Å². The Morgan fingerprint density at radius 3 is 1.76 bits per heavy atom. The molecule has 0 amide bonds. The highest BCUT2D eigenvalue weighted by Gasteiger charge is 2.80. The van der Waals surface area contributed by atoms with Gasteiger partial charge in [-0.15, -0.1) is 0 Å². The minimum absolute atomic E-state index is 0.0764. The Morgan fingerprint density at radius 2 is 1.56 bits per heavy atom. The van der Waals surface area contributed by atoms with Crippen molar-refractivity contribution >= 4 is 40.3 Å². The lowest BCUT2D eigenvalue weighted by atomic mass is 9.63. The van der Waals surface area contributed by atoms with Crippen LogP contribution in [0.2, 0.25) is 0 Å². The van der Waals surface area contributed by atoms with Gasteiger partial charge in [-0.05, 0) is 27.7 Å². The van der Waals surface area contributed by atoms with E-state index in [4.69, 9.17) is 4.18 Å². The van der Waals surface area contributed by atoms with Crippen LogP contribution in [0, 0.1) is 0 Å². The van der Waals surface area contributed by atoms with E-state index in [-0.39, 0.29) is 12.0 Å². The lowest BCUT2D eigenvalue weighted by Crippen LogP contribution is -2.83. The van der Waals surface area contributed by atoms with Gasteiger partial charge in [0.15, 0.2) is 17.3 Å². The molecule has 0 aromatic heterocycles. The average Bonchev–Trinajstić information content (AvgIpc) is 2.49. The van der Waals surface area contributed by atoms with E-state index in [9.17, 15) is 44.4 Å². The highest BCUT2D eigenvalue weighted by Crippen LogP contribution is 2.50. The van der Waals surface area contributed by atoms with Gasteiger partial charge in [-0.25, -0.2) is 0 Å². The molecule has 1 heterocycles. The Hall–Kier alpha value is -1.50. The van der Waals surface area contributed by atoms with Gasteiger partial charge in [0.25, 0.3) is 10.7 Å².